The van der Waals surface area contributed by atoms with Crippen LogP contribution in [0, 0.1) is 5.92 Å². The fourth-order valence-electron chi connectivity index (χ4n) is 1.71. The van der Waals surface area contributed by atoms with Gasteiger partial charge in [-0.2, -0.15) is 0 Å². The highest BCUT2D eigenvalue weighted by molar-refractivity contribution is 5.94. The van der Waals surface area contributed by atoms with Crippen LogP contribution in [0.3, 0.4) is 0 Å². The molecular weight excluding hydrogens is 238 g/mol. The summed E-state index contributed by atoms with van der Waals surface area (Å²) >= 11 is 0. The lowest BCUT2D eigenvalue weighted by Crippen LogP contribution is -2.28. The van der Waals surface area contributed by atoms with Gasteiger partial charge in [-0.1, -0.05) is 0 Å². The Bertz CT molecular complexity index is 393. The van der Waals surface area contributed by atoms with Gasteiger partial charge in [0, 0.05) is 31.9 Å². The second kappa shape index (κ2) is 5.98. The van der Waals surface area contributed by atoms with Gasteiger partial charge in [-0.05, 0) is 30.9 Å². The average Bonchev–Trinajstić information content (AvgIpc) is 3.12. The van der Waals surface area contributed by atoms with Crippen molar-refractivity contribution in [2.45, 2.75) is 19.4 Å². The molecule has 5 heteroatoms. The van der Waals surface area contributed by atoms with E-state index in [0.717, 1.165) is 12.2 Å². The summed E-state index contributed by atoms with van der Waals surface area (Å²) in [5.41, 5.74) is 6.93. The Kier molecular flexibility index (Phi) is 4.90. The SMILES string of the molecule is CN(CC1CC1)C(=O)c1ccnc(CN)c1.Cl. The van der Waals surface area contributed by atoms with Crippen molar-refractivity contribution < 1.29 is 4.79 Å². The van der Waals surface area contributed by atoms with Crippen LogP contribution in [0.25, 0.3) is 0 Å². The van der Waals surface area contributed by atoms with Crippen molar-refractivity contribution in [3.8, 4) is 0 Å². The lowest BCUT2D eigenvalue weighted by atomic mass is 10.2. The van der Waals surface area contributed by atoms with Crippen LogP contribution in [0.2, 0.25) is 0 Å². The topological polar surface area (TPSA) is 59.2 Å². The van der Waals surface area contributed by atoms with E-state index in [9.17, 15) is 4.79 Å². The minimum atomic E-state index is 0. The van der Waals surface area contributed by atoms with E-state index >= 15 is 0 Å². The second-order valence-electron chi connectivity index (χ2n) is 4.37. The molecule has 0 unspecified atom stereocenters. The molecule has 0 spiro atoms. The highest BCUT2D eigenvalue weighted by atomic mass is 35.5. The first-order chi connectivity index (χ1) is 7.70. The molecule has 0 aliphatic heterocycles. The molecule has 4 nitrogen and oxygen atoms in total. The van der Waals surface area contributed by atoms with Crippen molar-refractivity contribution in [3.63, 3.8) is 0 Å². The number of pyridine rings is 1. The zero-order valence-corrected chi connectivity index (χ0v) is 10.7. The molecule has 1 heterocycles. The highest BCUT2D eigenvalue weighted by Crippen LogP contribution is 2.29. The zero-order chi connectivity index (χ0) is 11.5. The lowest BCUT2D eigenvalue weighted by Gasteiger charge is -2.16. The number of aromatic nitrogens is 1. The molecule has 1 aromatic heterocycles. The second-order valence-corrected chi connectivity index (χ2v) is 4.37. The molecule has 1 fully saturated rings. The van der Waals surface area contributed by atoms with E-state index in [2.05, 4.69) is 4.98 Å². The van der Waals surface area contributed by atoms with Crippen LogP contribution in [0.15, 0.2) is 18.3 Å². The number of carbonyl (C=O) groups excluding carboxylic acids is 1. The summed E-state index contributed by atoms with van der Waals surface area (Å²) in [6, 6.07) is 3.51. The molecule has 1 aromatic rings. The van der Waals surface area contributed by atoms with Gasteiger partial charge in [0.2, 0.25) is 0 Å². The zero-order valence-electron chi connectivity index (χ0n) is 9.93. The maximum atomic E-state index is 12.0. The minimum Gasteiger partial charge on any atom is -0.341 e. The van der Waals surface area contributed by atoms with Crippen LogP contribution >= 0.6 is 12.4 Å². The van der Waals surface area contributed by atoms with Gasteiger partial charge in [0.1, 0.15) is 0 Å². The number of amides is 1. The number of nitrogens with zero attached hydrogens (tertiary/aromatic N) is 2. The van der Waals surface area contributed by atoms with Gasteiger partial charge < -0.3 is 10.6 Å². The molecule has 1 aliphatic rings. The molecule has 0 bridgehead atoms. The van der Waals surface area contributed by atoms with Crippen LogP contribution < -0.4 is 5.73 Å². The number of carbonyl (C=O) groups is 1. The standard InChI is InChI=1S/C12H17N3O.ClH/c1-15(8-9-2-3-9)12(16)10-4-5-14-11(6-10)7-13;/h4-6,9H,2-3,7-8,13H2,1H3;1H. The minimum absolute atomic E-state index is 0. The van der Waals surface area contributed by atoms with E-state index in [1.165, 1.54) is 12.8 Å². The molecule has 94 valence electrons. The Morgan fingerprint density at radius 1 is 1.59 bits per heavy atom. The van der Waals surface area contributed by atoms with E-state index in [-0.39, 0.29) is 18.3 Å². The molecule has 1 amide bonds. The first-order valence-electron chi connectivity index (χ1n) is 5.61. The summed E-state index contributed by atoms with van der Waals surface area (Å²) < 4.78 is 0. The molecule has 0 saturated heterocycles. The summed E-state index contributed by atoms with van der Waals surface area (Å²) in [6.07, 6.45) is 4.14. The third-order valence-electron chi connectivity index (χ3n) is 2.85. The molecular formula is C12H18ClN3O. The molecule has 0 atom stereocenters. The number of hydrogen-bond donors (Lipinski definition) is 1. The maximum absolute atomic E-state index is 12.0. The van der Waals surface area contributed by atoms with Gasteiger partial charge in [0.15, 0.2) is 0 Å². The van der Waals surface area contributed by atoms with Crippen LogP contribution in [-0.2, 0) is 6.54 Å². The van der Waals surface area contributed by atoms with Crippen LogP contribution in [0.5, 0.6) is 0 Å². The first kappa shape index (κ1) is 13.9. The van der Waals surface area contributed by atoms with E-state index < -0.39 is 0 Å². The average molecular weight is 256 g/mol. The Labute approximate surface area is 108 Å². The molecule has 0 aromatic carbocycles. The van der Waals surface area contributed by atoms with Crippen LogP contribution in [0.1, 0.15) is 28.9 Å². The van der Waals surface area contributed by atoms with Crippen LogP contribution in [-0.4, -0.2) is 29.4 Å². The van der Waals surface area contributed by atoms with Crippen molar-refractivity contribution in [2.75, 3.05) is 13.6 Å². The smallest absolute Gasteiger partial charge is 0.253 e. The normalized spacial score (nSPS) is 14.0. The Morgan fingerprint density at radius 3 is 2.88 bits per heavy atom. The molecule has 2 N–H and O–H groups in total. The number of halogens is 1. The summed E-state index contributed by atoms with van der Waals surface area (Å²) in [5.74, 6) is 0.772. The van der Waals surface area contributed by atoms with Gasteiger partial charge in [-0.3, -0.25) is 9.78 Å². The maximum Gasteiger partial charge on any atom is 0.253 e. The Balaban J connectivity index is 0.00000144. The molecule has 2 rings (SSSR count). The number of nitrogens with two attached hydrogens (primary N) is 1. The van der Waals surface area contributed by atoms with E-state index in [4.69, 9.17) is 5.73 Å². The molecule has 17 heavy (non-hydrogen) atoms. The Morgan fingerprint density at radius 2 is 2.29 bits per heavy atom. The van der Waals surface area contributed by atoms with Gasteiger partial charge in [-0.25, -0.2) is 0 Å². The Hall–Kier alpha value is -1.13. The van der Waals surface area contributed by atoms with Gasteiger partial charge in [0.25, 0.3) is 5.91 Å². The van der Waals surface area contributed by atoms with Crippen molar-refractivity contribution in [1.29, 1.82) is 0 Å². The van der Waals surface area contributed by atoms with Crippen molar-refractivity contribution in [1.82, 2.24) is 9.88 Å². The lowest BCUT2D eigenvalue weighted by molar-refractivity contribution is 0.0788. The fourth-order valence-corrected chi connectivity index (χ4v) is 1.71. The van der Waals surface area contributed by atoms with Crippen LogP contribution in [0.4, 0.5) is 0 Å². The van der Waals surface area contributed by atoms with Crippen molar-refractivity contribution >= 4 is 18.3 Å². The summed E-state index contributed by atoms with van der Waals surface area (Å²) in [5, 5.41) is 0. The summed E-state index contributed by atoms with van der Waals surface area (Å²) in [6.45, 7) is 1.23. The third kappa shape index (κ3) is 3.68. The molecule has 1 saturated carbocycles. The van der Waals surface area contributed by atoms with Crippen molar-refractivity contribution in [2.24, 2.45) is 11.7 Å². The quantitative estimate of drug-likeness (QED) is 0.886. The van der Waals surface area contributed by atoms with Crippen molar-refractivity contribution in [3.05, 3.63) is 29.6 Å². The van der Waals surface area contributed by atoms with Gasteiger partial charge >= 0.3 is 0 Å². The van der Waals surface area contributed by atoms with Gasteiger partial charge in [-0.15, -0.1) is 12.4 Å². The monoisotopic (exact) mass is 255 g/mol. The number of rotatable bonds is 4. The largest absolute Gasteiger partial charge is 0.341 e. The van der Waals surface area contributed by atoms with E-state index in [1.807, 2.05) is 7.05 Å². The predicted octanol–water partition coefficient (Wildman–Crippen LogP) is 1.44. The first-order valence-corrected chi connectivity index (χ1v) is 5.61. The summed E-state index contributed by atoms with van der Waals surface area (Å²) in [7, 11) is 1.85. The van der Waals surface area contributed by atoms with Gasteiger partial charge in [0.05, 0.1) is 5.69 Å². The fraction of sp³-hybridized carbons (Fsp3) is 0.500. The highest BCUT2D eigenvalue weighted by Gasteiger charge is 2.25. The van der Waals surface area contributed by atoms with E-state index in [0.29, 0.717) is 18.0 Å². The molecule has 0 radical (unpaired) electrons. The number of hydrogen-bond acceptors (Lipinski definition) is 3. The van der Waals surface area contributed by atoms with E-state index in [1.54, 1.807) is 23.2 Å². The molecule has 1 aliphatic carbocycles. The predicted molar refractivity (Wildman–Crippen MR) is 69.1 cm³/mol. The third-order valence-corrected chi connectivity index (χ3v) is 2.85. The summed E-state index contributed by atoms with van der Waals surface area (Å²) in [4.78, 5) is 17.9.